The summed E-state index contributed by atoms with van der Waals surface area (Å²) in [7, 11) is -2.26. The van der Waals surface area contributed by atoms with Crippen molar-refractivity contribution >= 4 is 21.6 Å². The van der Waals surface area contributed by atoms with Gasteiger partial charge in [-0.2, -0.15) is 4.31 Å². The van der Waals surface area contributed by atoms with E-state index >= 15 is 0 Å². The van der Waals surface area contributed by atoms with Gasteiger partial charge in [0.2, 0.25) is 15.9 Å². The molecule has 1 amide bonds. The monoisotopic (exact) mass is 435 g/mol. The Labute approximate surface area is 176 Å². The van der Waals surface area contributed by atoms with Crippen molar-refractivity contribution in [3.05, 3.63) is 42.1 Å². The van der Waals surface area contributed by atoms with Gasteiger partial charge in [-0.05, 0) is 38.1 Å². The second-order valence-corrected chi connectivity index (χ2v) is 8.82. The fraction of sp³-hybridized carbons (Fsp3) is 0.400. The molecule has 0 aliphatic carbocycles. The van der Waals surface area contributed by atoms with E-state index in [0.717, 1.165) is 0 Å². The largest absolute Gasteiger partial charge is 0.495 e. The Morgan fingerprint density at radius 3 is 2.53 bits per heavy atom. The predicted octanol–water partition coefficient (Wildman–Crippen LogP) is 2.15. The summed E-state index contributed by atoms with van der Waals surface area (Å²) in [6.07, 6.45) is 1.37. The number of rotatable bonds is 7. The van der Waals surface area contributed by atoms with Gasteiger partial charge in [0.25, 0.3) is 5.91 Å². The molecular formula is C20H25N3O6S. The van der Waals surface area contributed by atoms with E-state index in [1.165, 1.54) is 35.8 Å². The van der Waals surface area contributed by atoms with Gasteiger partial charge in [-0.15, -0.1) is 0 Å². The molecule has 1 saturated heterocycles. The number of amides is 1. The molecule has 1 aromatic heterocycles. The SMILES string of the molecule is COc1ccc(S(=O)(=O)N2CCOCC2)cc1NC(=O)c1ccc(OC(C)C)nc1. The third-order valence-electron chi connectivity index (χ3n) is 4.38. The van der Waals surface area contributed by atoms with E-state index in [-0.39, 0.29) is 29.8 Å². The fourth-order valence-electron chi connectivity index (χ4n) is 2.90. The number of nitrogens with one attached hydrogen (secondary N) is 1. The number of methoxy groups -OCH3 is 1. The van der Waals surface area contributed by atoms with Crippen LogP contribution in [0.15, 0.2) is 41.4 Å². The third-order valence-corrected chi connectivity index (χ3v) is 6.28. The van der Waals surface area contributed by atoms with Gasteiger partial charge in [-0.3, -0.25) is 4.79 Å². The van der Waals surface area contributed by atoms with Gasteiger partial charge >= 0.3 is 0 Å². The highest BCUT2D eigenvalue weighted by atomic mass is 32.2. The zero-order chi connectivity index (χ0) is 21.7. The number of carbonyl (C=O) groups is 1. The van der Waals surface area contributed by atoms with Gasteiger partial charge in [0.1, 0.15) is 5.75 Å². The molecule has 1 aliphatic rings. The Balaban J connectivity index is 1.82. The molecule has 1 N–H and O–H groups in total. The minimum atomic E-state index is -3.71. The van der Waals surface area contributed by atoms with Crippen LogP contribution in [0.3, 0.4) is 0 Å². The maximum Gasteiger partial charge on any atom is 0.257 e. The van der Waals surface area contributed by atoms with Crippen LogP contribution in [0.2, 0.25) is 0 Å². The predicted molar refractivity (Wildman–Crippen MR) is 111 cm³/mol. The van der Waals surface area contributed by atoms with Gasteiger partial charge in [0.05, 0.1) is 42.6 Å². The fourth-order valence-corrected chi connectivity index (χ4v) is 4.34. The van der Waals surface area contributed by atoms with Gasteiger partial charge < -0.3 is 19.5 Å². The molecule has 2 aromatic rings. The quantitative estimate of drug-likeness (QED) is 0.710. The van der Waals surface area contributed by atoms with E-state index in [9.17, 15) is 13.2 Å². The van der Waals surface area contributed by atoms with E-state index in [0.29, 0.717) is 30.4 Å². The highest BCUT2D eigenvalue weighted by Crippen LogP contribution is 2.29. The molecule has 0 unspecified atom stereocenters. The molecular weight excluding hydrogens is 410 g/mol. The van der Waals surface area contributed by atoms with Gasteiger partial charge in [-0.1, -0.05) is 0 Å². The number of anilines is 1. The topological polar surface area (TPSA) is 107 Å². The van der Waals surface area contributed by atoms with Crippen molar-refractivity contribution in [2.45, 2.75) is 24.8 Å². The standard InChI is InChI=1S/C20H25N3O6S/c1-14(2)29-19-7-4-15(13-21-19)20(24)22-17-12-16(5-6-18(17)27-3)30(25,26)23-8-10-28-11-9-23/h4-7,12-14H,8-11H2,1-3H3,(H,22,24). The molecule has 30 heavy (non-hydrogen) atoms. The van der Waals surface area contributed by atoms with Crippen LogP contribution in [0.1, 0.15) is 24.2 Å². The number of pyridine rings is 1. The molecule has 1 aliphatic heterocycles. The minimum absolute atomic E-state index is 0.0300. The molecule has 0 bridgehead atoms. The van der Waals surface area contributed by atoms with E-state index < -0.39 is 15.9 Å². The summed E-state index contributed by atoms with van der Waals surface area (Å²) in [5.74, 6) is 0.313. The van der Waals surface area contributed by atoms with Crippen LogP contribution in [0.4, 0.5) is 5.69 Å². The molecule has 0 radical (unpaired) electrons. The second kappa shape index (κ2) is 9.41. The molecule has 0 atom stereocenters. The zero-order valence-corrected chi connectivity index (χ0v) is 17.9. The Morgan fingerprint density at radius 2 is 1.93 bits per heavy atom. The van der Waals surface area contributed by atoms with Gasteiger partial charge in [0.15, 0.2) is 0 Å². The lowest BCUT2D eigenvalue weighted by Gasteiger charge is -2.26. The first kappa shape index (κ1) is 22.0. The second-order valence-electron chi connectivity index (χ2n) is 6.88. The van der Waals surface area contributed by atoms with Crippen molar-refractivity contribution in [1.29, 1.82) is 0 Å². The number of aromatic nitrogens is 1. The Morgan fingerprint density at radius 1 is 1.20 bits per heavy atom. The maximum atomic E-state index is 12.9. The van der Waals surface area contributed by atoms with E-state index in [1.807, 2.05) is 13.8 Å². The van der Waals surface area contributed by atoms with Crippen LogP contribution in [0, 0.1) is 0 Å². The highest BCUT2D eigenvalue weighted by Gasteiger charge is 2.27. The summed E-state index contributed by atoms with van der Waals surface area (Å²) in [5.41, 5.74) is 0.550. The first-order valence-electron chi connectivity index (χ1n) is 9.51. The molecule has 9 nitrogen and oxygen atoms in total. The van der Waals surface area contributed by atoms with Crippen LogP contribution < -0.4 is 14.8 Å². The zero-order valence-electron chi connectivity index (χ0n) is 17.1. The smallest absolute Gasteiger partial charge is 0.257 e. The normalized spacial score (nSPS) is 15.1. The summed E-state index contributed by atoms with van der Waals surface area (Å²) in [5, 5.41) is 2.70. The van der Waals surface area contributed by atoms with Crippen molar-refractivity contribution in [1.82, 2.24) is 9.29 Å². The molecule has 3 rings (SSSR count). The Bertz CT molecular complexity index is 986. The summed E-state index contributed by atoms with van der Waals surface area (Å²) >= 11 is 0. The van der Waals surface area contributed by atoms with E-state index in [4.69, 9.17) is 14.2 Å². The number of benzene rings is 1. The number of sulfonamides is 1. The molecule has 0 saturated carbocycles. The molecule has 162 valence electrons. The number of ether oxygens (including phenoxy) is 3. The van der Waals surface area contributed by atoms with Gasteiger partial charge in [-0.25, -0.2) is 13.4 Å². The van der Waals surface area contributed by atoms with Crippen LogP contribution in [-0.4, -0.2) is 63.1 Å². The van der Waals surface area contributed by atoms with Crippen LogP contribution in [0.5, 0.6) is 11.6 Å². The number of nitrogens with zero attached hydrogens (tertiary/aromatic N) is 2. The number of hydrogen-bond donors (Lipinski definition) is 1. The summed E-state index contributed by atoms with van der Waals surface area (Å²) in [6.45, 7) is 5.03. The molecule has 1 aromatic carbocycles. The molecule has 2 heterocycles. The van der Waals surface area contributed by atoms with Crippen LogP contribution in [0.25, 0.3) is 0 Å². The Kier molecular flexibility index (Phi) is 6.91. The first-order valence-corrected chi connectivity index (χ1v) is 11.0. The van der Waals surface area contributed by atoms with Crippen molar-refractivity contribution in [2.24, 2.45) is 0 Å². The molecule has 1 fully saturated rings. The minimum Gasteiger partial charge on any atom is -0.495 e. The van der Waals surface area contributed by atoms with Crippen molar-refractivity contribution < 1.29 is 27.4 Å². The van der Waals surface area contributed by atoms with Crippen molar-refractivity contribution in [3.63, 3.8) is 0 Å². The lowest BCUT2D eigenvalue weighted by atomic mass is 10.2. The highest BCUT2D eigenvalue weighted by molar-refractivity contribution is 7.89. The lowest BCUT2D eigenvalue weighted by Crippen LogP contribution is -2.40. The van der Waals surface area contributed by atoms with E-state index in [2.05, 4.69) is 10.3 Å². The summed E-state index contributed by atoms with van der Waals surface area (Å²) in [4.78, 5) is 16.8. The van der Waals surface area contributed by atoms with Crippen LogP contribution >= 0.6 is 0 Å². The van der Waals surface area contributed by atoms with Gasteiger partial charge in [0, 0.05) is 25.4 Å². The number of morpholine rings is 1. The average molecular weight is 436 g/mol. The molecule has 10 heteroatoms. The summed E-state index contributed by atoms with van der Waals surface area (Å²) < 4.78 is 43.2. The summed E-state index contributed by atoms with van der Waals surface area (Å²) in [6, 6.07) is 7.55. The van der Waals surface area contributed by atoms with Crippen LogP contribution in [-0.2, 0) is 14.8 Å². The van der Waals surface area contributed by atoms with Crippen molar-refractivity contribution in [3.8, 4) is 11.6 Å². The Hall–Kier alpha value is -2.69. The first-order chi connectivity index (χ1) is 14.3. The third kappa shape index (κ3) is 5.07. The molecule has 0 spiro atoms. The maximum absolute atomic E-state index is 12.9. The van der Waals surface area contributed by atoms with E-state index in [1.54, 1.807) is 12.1 Å². The number of hydrogen-bond acceptors (Lipinski definition) is 7. The average Bonchev–Trinajstić information content (AvgIpc) is 2.74. The lowest BCUT2D eigenvalue weighted by molar-refractivity contribution is 0.0730. The van der Waals surface area contributed by atoms with Crippen molar-refractivity contribution in [2.75, 3.05) is 38.7 Å². The number of carbonyl (C=O) groups excluding carboxylic acids is 1.